The van der Waals surface area contributed by atoms with Crippen LogP contribution in [-0.4, -0.2) is 88.0 Å². The molecular formula is C17H19N5O7S3. The zero-order valence-corrected chi connectivity index (χ0v) is 19.1. The van der Waals surface area contributed by atoms with Gasteiger partial charge in [-0.2, -0.15) is 0 Å². The molecule has 0 aliphatic carbocycles. The highest BCUT2D eigenvalue weighted by Crippen LogP contribution is 2.44. The zero-order valence-electron chi connectivity index (χ0n) is 16.7. The zero-order chi connectivity index (χ0) is 22.8. The van der Waals surface area contributed by atoms with Crippen molar-refractivity contribution in [1.29, 1.82) is 0 Å². The smallest absolute Gasteiger partial charge is 0.353 e. The van der Waals surface area contributed by atoms with Gasteiger partial charge >= 0.3 is 5.97 Å². The molecular weight excluding hydrogens is 482 g/mol. The Balaban J connectivity index is 1.49. The first-order chi connectivity index (χ1) is 15.4. The van der Waals surface area contributed by atoms with Crippen LogP contribution in [0.1, 0.15) is 5.69 Å². The van der Waals surface area contributed by atoms with Crippen molar-refractivity contribution < 1.29 is 33.8 Å². The van der Waals surface area contributed by atoms with Gasteiger partial charge in [0.05, 0.1) is 18.5 Å². The SMILES string of the molecule is CO/N=C(\C(=O)NC1C(=O)N2C(C(=O)O)=C(SC3COCOC3)CS[C@@H]12)c1csc(N)n1. The molecule has 0 bridgehead atoms. The summed E-state index contributed by atoms with van der Waals surface area (Å²) < 4.78 is 10.5. The molecule has 2 fully saturated rings. The molecule has 32 heavy (non-hydrogen) atoms. The Bertz CT molecular complexity index is 991. The largest absolute Gasteiger partial charge is 0.477 e. The molecule has 2 saturated heterocycles. The summed E-state index contributed by atoms with van der Waals surface area (Å²) in [7, 11) is 1.28. The highest BCUT2D eigenvalue weighted by molar-refractivity contribution is 8.06. The molecule has 172 valence electrons. The number of β-lactam (4-membered cyclic amide) rings is 1. The Morgan fingerprint density at radius 1 is 1.44 bits per heavy atom. The fourth-order valence-electron chi connectivity index (χ4n) is 3.32. The van der Waals surface area contributed by atoms with Crippen molar-refractivity contribution in [3.8, 4) is 0 Å². The lowest BCUT2D eigenvalue weighted by Crippen LogP contribution is -2.71. The Kier molecular flexibility index (Phi) is 6.90. The molecule has 12 nitrogen and oxygen atoms in total. The van der Waals surface area contributed by atoms with Crippen LogP contribution in [0.2, 0.25) is 0 Å². The van der Waals surface area contributed by atoms with Gasteiger partial charge in [0.15, 0.2) is 10.8 Å². The van der Waals surface area contributed by atoms with E-state index in [9.17, 15) is 19.5 Å². The fraction of sp³-hybridized carbons (Fsp3) is 0.471. The van der Waals surface area contributed by atoms with Gasteiger partial charge in [0.25, 0.3) is 11.8 Å². The maximum Gasteiger partial charge on any atom is 0.353 e. The number of nitrogens with two attached hydrogens (primary N) is 1. The Labute approximate surface area is 194 Å². The summed E-state index contributed by atoms with van der Waals surface area (Å²) in [6.45, 7) is 1.08. The molecule has 4 heterocycles. The molecule has 0 aromatic carbocycles. The molecule has 2 amide bonds. The first kappa shape index (κ1) is 22.8. The number of amides is 2. The van der Waals surface area contributed by atoms with E-state index >= 15 is 0 Å². The molecule has 0 saturated carbocycles. The number of fused-ring (bicyclic) bond motifs is 1. The van der Waals surface area contributed by atoms with Crippen LogP contribution in [0.5, 0.6) is 0 Å². The molecule has 4 rings (SSSR count). The number of anilines is 1. The van der Waals surface area contributed by atoms with Gasteiger partial charge in [-0.25, -0.2) is 9.78 Å². The third-order valence-electron chi connectivity index (χ3n) is 4.67. The van der Waals surface area contributed by atoms with Crippen molar-refractivity contribution >= 4 is 63.5 Å². The second kappa shape index (κ2) is 9.66. The number of hydrogen-bond donors (Lipinski definition) is 3. The summed E-state index contributed by atoms with van der Waals surface area (Å²) in [5, 5.41) is 17.3. The van der Waals surface area contributed by atoms with E-state index in [-0.39, 0.29) is 34.3 Å². The summed E-state index contributed by atoms with van der Waals surface area (Å²) in [6.07, 6.45) is 0. The molecule has 15 heteroatoms. The molecule has 1 aromatic heterocycles. The number of ether oxygens (including phenoxy) is 2. The minimum absolute atomic E-state index is 0.0597. The van der Waals surface area contributed by atoms with Gasteiger partial charge in [0, 0.05) is 16.0 Å². The number of aromatic nitrogens is 1. The lowest BCUT2D eigenvalue weighted by molar-refractivity contribution is -0.150. The maximum atomic E-state index is 12.8. The second-order valence-corrected chi connectivity index (χ2v) is 10.1. The average molecular weight is 502 g/mol. The van der Waals surface area contributed by atoms with Gasteiger partial charge in [-0.1, -0.05) is 5.16 Å². The average Bonchev–Trinajstić information content (AvgIpc) is 3.21. The van der Waals surface area contributed by atoms with Crippen molar-refractivity contribution in [2.45, 2.75) is 16.7 Å². The van der Waals surface area contributed by atoms with Crippen LogP contribution >= 0.6 is 34.9 Å². The van der Waals surface area contributed by atoms with Crippen molar-refractivity contribution in [1.82, 2.24) is 15.2 Å². The quantitative estimate of drug-likeness (QED) is 0.259. The van der Waals surface area contributed by atoms with Crippen LogP contribution < -0.4 is 11.1 Å². The molecule has 3 aliphatic heterocycles. The number of carboxylic acid groups (broad SMARTS) is 1. The topological polar surface area (TPSA) is 166 Å². The predicted molar refractivity (Wildman–Crippen MR) is 118 cm³/mol. The van der Waals surface area contributed by atoms with Gasteiger partial charge in [-0.3, -0.25) is 14.5 Å². The van der Waals surface area contributed by atoms with Crippen LogP contribution in [0.4, 0.5) is 5.13 Å². The number of nitrogen functional groups attached to an aromatic ring is 1. The Morgan fingerprint density at radius 2 is 2.19 bits per heavy atom. The number of carboxylic acids is 1. The number of carbonyl (C=O) groups is 3. The minimum atomic E-state index is -1.20. The highest BCUT2D eigenvalue weighted by Gasteiger charge is 2.54. The molecule has 0 radical (unpaired) electrons. The van der Waals surface area contributed by atoms with E-state index in [2.05, 4.69) is 15.5 Å². The maximum absolute atomic E-state index is 12.8. The molecule has 0 spiro atoms. The summed E-state index contributed by atoms with van der Waals surface area (Å²) in [5.41, 5.74) is 5.64. The number of nitrogens with one attached hydrogen (secondary N) is 1. The van der Waals surface area contributed by atoms with Crippen LogP contribution in [0.3, 0.4) is 0 Å². The van der Waals surface area contributed by atoms with Crippen molar-refractivity contribution in [3.63, 3.8) is 0 Å². The van der Waals surface area contributed by atoms with E-state index < -0.39 is 29.2 Å². The second-order valence-electron chi connectivity index (χ2n) is 6.73. The van der Waals surface area contributed by atoms with Crippen LogP contribution in [0.25, 0.3) is 0 Å². The Hall–Kier alpha value is -2.33. The first-order valence-electron chi connectivity index (χ1n) is 9.27. The third kappa shape index (κ3) is 4.43. The lowest BCUT2D eigenvalue weighted by atomic mass is 10.0. The highest BCUT2D eigenvalue weighted by atomic mass is 32.2. The number of rotatable bonds is 7. The van der Waals surface area contributed by atoms with E-state index in [1.165, 1.54) is 35.5 Å². The van der Waals surface area contributed by atoms with E-state index in [1.54, 1.807) is 5.38 Å². The van der Waals surface area contributed by atoms with E-state index in [0.29, 0.717) is 23.9 Å². The molecule has 4 N–H and O–H groups in total. The summed E-state index contributed by atoms with van der Waals surface area (Å²) in [6, 6.07) is -0.909. The van der Waals surface area contributed by atoms with Gasteiger partial charge in [-0.05, 0) is 0 Å². The fourth-order valence-corrected chi connectivity index (χ4v) is 6.56. The molecule has 1 aromatic rings. The monoisotopic (exact) mass is 501 g/mol. The predicted octanol–water partition coefficient (Wildman–Crippen LogP) is -0.122. The number of oxime groups is 1. The number of hydrogen-bond acceptors (Lipinski definition) is 12. The normalized spacial score (nSPS) is 24.1. The molecule has 2 atom stereocenters. The summed E-state index contributed by atoms with van der Waals surface area (Å²) in [5.74, 6) is -2.01. The van der Waals surface area contributed by atoms with Crippen LogP contribution in [-0.2, 0) is 28.7 Å². The van der Waals surface area contributed by atoms with E-state index in [1.807, 2.05) is 0 Å². The van der Waals surface area contributed by atoms with Gasteiger partial charge in [-0.15, -0.1) is 34.9 Å². The van der Waals surface area contributed by atoms with Crippen molar-refractivity contribution in [2.24, 2.45) is 5.16 Å². The number of thiazole rings is 1. The number of aliphatic carboxylic acids is 1. The number of nitrogens with zero attached hydrogens (tertiary/aromatic N) is 3. The van der Waals surface area contributed by atoms with Gasteiger partial charge < -0.3 is 30.5 Å². The summed E-state index contributed by atoms with van der Waals surface area (Å²) >= 11 is 3.84. The van der Waals surface area contributed by atoms with Crippen molar-refractivity contribution in [2.75, 3.05) is 38.6 Å². The van der Waals surface area contributed by atoms with Crippen LogP contribution in [0, 0.1) is 0 Å². The standard InChI is InChI=1S/C17H19N5O7S3/c1-27-21-10(8-4-31-17(18)19-8)13(23)20-11-14(24)22-12(16(25)26)9(5-30-15(11)22)32-7-2-28-6-29-3-7/h4,7,11,15H,2-3,5-6H2,1H3,(H2,18,19)(H,20,23)(H,25,26)/b21-10-/t11?,15-/m0/s1. The van der Waals surface area contributed by atoms with E-state index in [0.717, 1.165) is 11.3 Å². The van der Waals surface area contributed by atoms with Crippen molar-refractivity contribution in [3.05, 3.63) is 21.7 Å². The third-order valence-corrected chi connectivity index (χ3v) is 8.03. The lowest BCUT2D eigenvalue weighted by Gasteiger charge is -2.49. The first-order valence-corrected chi connectivity index (χ1v) is 12.1. The van der Waals surface area contributed by atoms with Crippen LogP contribution in [0.15, 0.2) is 21.1 Å². The van der Waals surface area contributed by atoms with Gasteiger partial charge in [0.1, 0.15) is 36.7 Å². The molecule has 3 aliphatic rings. The van der Waals surface area contributed by atoms with Gasteiger partial charge in [0.2, 0.25) is 0 Å². The summed E-state index contributed by atoms with van der Waals surface area (Å²) in [4.78, 5) is 48.1. The van der Waals surface area contributed by atoms with E-state index in [4.69, 9.17) is 20.0 Å². The number of thioether (sulfide) groups is 2. The number of carbonyl (C=O) groups excluding carboxylic acids is 2. The minimum Gasteiger partial charge on any atom is -0.477 e. The Morgan fingerprint density at radius 3 is 2.81 bits per heavy atom. The molecule has 1 unspecified atom stereocenters.